The summed E-state index contributed by atoms with van der Waals surface area (Å²) in [6.07, 6.45) is 1.16. The van der Waals surface area contributed by atoms with Gasteiger partial charge >= 0.3 is 5.97 Å². The molecule has 0 bridgehead atoms. The summed E-state index contributed by atoms with van der Waals surface area (Å²) in [5.41, 5.74) is 0. The van der Waals surface area contributed by atoms with Crippen molar-refractivity contribution < 1.29 is 14.3 Å². The zero-order valence-corrected chi connectivity index (χ0v) is 12.5. The van der Waals surface area contributed by atoms with Crippen LogP contribution in [-0.2, 0) is 14.3 Å². The molecular formula is C11H21NO3S2. The summed E-state index contributed by atoms with van der Waals surface area (Å²) in [7, 11) is 3.08. The van der Waals surface area contributed by atoms with E-state index in [1.165, 1.54) is 17.9 Å². The van der Waals surface area contributed by atoms with Crippen LogP contribution in [0.2, 0.25) is 0 Å². The number of ether oxygens (including phenoxy) is 1. The van der Waals surface area contributed by atoms with Crippen molar-refractivity contribution >= 4 is 33.5 Å². The van der Waals surface area contributed by atoms with Crippen molar-refractivity contribution in [1.82, 2.24) is 4.72 Å². The number of hydrogen-bond acceptors (Lipinski definition) is 6. The maximum Gasteiger partial charge on any atom is 0.302 e. The summed E-state index contributed by atoms with van der Waals surface area (Å²) in [4.78, 5) is 21.7. The van der Waals surface area contributed by atoms with Gasteiger partial charge in [-0.15, -0.1) is 0 Å². The summed E-state index contributed by atoms with van der Waals surface area (Å²) in [5, 5.41) is 0. The van der Waals surface area contributed by atoms with E-state index in [2.05, 4.69) is 4.72 Å². The molecule has 0 saturated heterocycles. The van der Waals surface area contributed by atoms with Gasteiger partial charge in [-0.2, -0.15) is 0 Å². The predicted octanol–water partition coefficient (Wildman–Crippen LogP) is 2.58. The summed E-state index contributed by atoms with van der Waals surface area (Å²) < 4.78 is 7.94. The molecule has 0 aromatic rings. The number of hydrogen-bond donors (Lipinski definition) is 1. The molecule has 0 radical (unpaired) electrons. The van der Waals surface area contributed by atoms with Crippen molar-refractivity contribution in [1.29, 1.82) is 0 Å². The van der Waals surface area contributed by atoms with E-state index in [1.54, 1.807) is 10.8 Å². The Morgan fingerprint density at radius 2 is 2.00 bits per heavy atom. The van der Waals surface area contributed by atoms with E-state index >= 15 is 0 Å². The number of ketones is 1. The second-order valence-corrected chi connectivity index (χ2v) is 6.97. The van der Waals surface area contributed by atoms with Crippen LogP contribution in [0.1, 0.15) is 40.5 Å². The van der Waals surface area contributed by atoms with Gasteiger partial charge in [0.05, 0.1) is 4.75 Å². The van der Waals surface area contributed by atoms with Crippen molar-refractivity contribution in [2.45, 2.75) is 45.3 Å². The second kappa shape index (κ2) is 8.83. The first-order valence-electron chi connectivity index (χ1n) is 5.60. The molecule has 0 atom stereocenters. The first-order valence-corrected chi connectivity index (χ1v) is 7.75. The van der Waals surface area contributed by atoms with Gasteiger partial charge in [0.25, 0.3) is 0 Å². The first-order chi connectivity index (χ1) is 7.87. The Kier molecular flexibility index (Phi) is 8.72. The number of carbonyl (C=O) groups excluding carboxylic acids is 2. The molecule has 1 N–H and O–H groups in total. The van der Waals surface area contributed by atoms with Crippen molar-refractivity contribution in [3.05, 3.63) is 0 Å². The maximum atomic E-state index is 11.0. The lowest BCUT2D eigenvalue weighted by Crippen LogP contribution is -2.24. The van der Waals surface area contributed by atoms with Crippen LogP contribution in [0.4, 0.5) is 0 Å². The fraction of sp³-hybridized carbons (Fsp3) is 0.818. The summed E-state index contributed by atoms with van der Waals surface area (Å²) in [5.74, 6) is 0.00690. The van der Waals surface area contributed by atoms with Gasteiger partial charge in [-0.1, -0.05) is 17.7 Å². The number of esters is 1. The van der Waals surface area contributed by atoms with Crippen molar-refractivity contribution in [2.75, 3.05) is 13.2 Å². The van der Waals surface area contributed by atoms with Crippen LogP contribution in [0.25, 0.3) is 0 Å². The lowest BCUT2D eigenvalue weighted by Gasteiger charge is -2.22. The molecule has 0 aliphatic heterocycles. The van der Waals surface area contributed by atoms with Gasteiger partial charge in [0, 0.05) is 26.3 Å². The van der Waals surface area contributed by atoms with Gasteiger partial charge in [0.15, 0.2) is 0 Å². The lowest BCUT2D eigenvalue weighted by atomic mass is 10.2. The molecule has 0 amide bonds. The third-order valence-corrected chi connectivity index (χ3v) is 4.78. The van der Waals surface area contributed by atoms with Crippen molar-refractivity contribution in [2.24, 2.45) is 0 Å². The average Bonchev–Trinajstić information content (AvgIpc) is 2.25. The minimum atomic E-state index is -0.259. The normalized spacial score (nSPS) is 11.3. The minimum Gasteiger partial charge on any atom is -0.464 e. The highest BCUT2D eigenvalue weighted by Gasteiger charge is 2.20. The molecule has 0 aliphatic rings. The summed E-state index contributed by atoms with van der Waals surface area (Å²) in [6, 6.07) is 0. The van der Waals surface area contributed by atoms with E-state index in [4.69, 9.17) is 4.74 Å². The molecule has 0 aromatic heterocycles. The number of carbonyl (C=O) groups is 2. The first kappa shape index (κ1) is 16.8. The van der Waals surface area contributed by atoms with E-state index in [0.717, 1.165) is 0 Å². The Labute approximate surface area is 111 Å². The van der Waals surface area contributed by atoms with Gasteiger partial charge in [-0.3, -0.25) is 14.3 Å². The fourth-order valence-electron chi connectivity index (χ4n) is 0.851. The van der Waals surface area contributed by atoms with Crippen LogP contribution in [0.3, 0.4) is 0 Å². The number of nitrogens with one attached hydrogen (secondary N) is 1. The number of Topliss-reactive ketones (excluding diaryl/α,β-unsaturated/α-hetero) is 1. The lowest BCUT2D eigenvalue weighted by molar-refractivity contribution is -0.141. The van der Waals surface area contributed by atoms with Crippen molar-refractivity contribution in [3.8, 4) is 0 Å². The zero-order chi connectivity index (χ0) is 13.3. The van der Waals surface area contributed by atoms with E-state index in [1.807, 2.05) is 20.8 Å². The molecule has 0 heterocycles. The van der Waals surface area contributed by atoms with Crippen LogP contribution in [0, 0.1) is 0 Å². The molecule has 0 aliphatic carbocycles. The van der Waals surface area contributed by atoms with Crippen LogP contribution >= 0.6 is 21.8 Å². The molecule has 0 unspecified atom stereocenters. The SMILES string of the molecule is CCC(=O)CCNSSC(C)(C)COC(C)=O. The third kappa shape index (κ3) is 10.7. The van der Waals surface area contributed by atoms with Gasteiger partial charge in [-0.05, 0) is 24.8 Å². The molecule has 0 spiro atoms. The molecule has 4 nitrogen and oxygen atoms in total. The molecule has 6 heteroatoms. The second-order valence-electron chi connectivity index (χ2n) is 4.24. The molecular weight excluding hydrogens is 258 g/mol. The highest BCUT2D eigenvalue weighted by atomic mass is 33.1. The van der Waals surface area contributed by atoms with Crippen molar-refractivity contribution in [3.63, 3.8) is 0 Å². The Balaban J connectivity index is 3.58. The zero-order valence-electron chi connectivity index (χ0n) is 10.9. The molecule has 0 saturated carbocycles. The minimum absolute atomic E-state index is 0.141. The Morgan fingerprint density at radius 3 is 2.53 bits per heavy atom. The Bertz CT molecular complexity index is 257. The van der Waals surface area contributed by atoms with Crippen LogP contribution in [0.5, 0.6) is 0 Å². The molecule has 17 heavy (non-hydrogen) atoms. The monoisotopic (exact) mass is 279 g/mol. The molecule has 0 aromatic carbocycles. The maximum absolute atomic E-state index is 11.0. The van der Waals surface area contributed by atoms with Gasteiger partial charge in [0.2, 0.25) is 0 Å². The smallest absolute Gasteiger partial charge is 0.302 e. The molecule has 0 fully saturated rings. The topological polar surface area (TPSA) is 55.4 Å². The van der Waals surface area contributed by atoms with Crippen LogP contribution in [-0.4, -0.2) is 29.7 Å². The largest absolute Gasteiger partial charge is 0.464 e. The predicted molar refractivity (Wildman–Crippen MR) is 73.8 cm³/mol. The van der Waals surface area contributed by atoms with E-state index < -0.39 is 0 Å². The average molecular weight is 279 g/mol. The van der Waals surface area contributed by atoms with Gasteiger partial charge < -0.3 is 4.74 Å². The van der Waals surface area contributed by atoms with E-state index in [0.29, 0.717) is 26.0 Å². The fourth-order valence-corrected chi connectivity index (χ4v) is 2.68. The van der Waals surface area contributed by atoms with E-state index in [9.17, 15) is 9.59 Å². The highest BCUT2D eigenvalue weighted by Crippen LogP contribution is 2.33. The quantitative estimate of drug-likeness (QED) is 0.303. The number of rotatable bonds is 9. The Morgan fingerprint density at radius 1 is 1.35 bits per heavy atom. The standard InChI is InChI=1S/C11H21NO3S2/c1-5-10(14)6-7-12-17-16-11(3,4)8-15-9(2)13/h12H,5-8H2,1-4H3. The summed E-state index contributed by atoms with van der Waals surface area (Å²) >= 11 is 0. The summed E-state index contributed by atoms with van der Waals surface area (Å²) in [6.45, 7) is 8.34. The van der Waals surface area contributed by atoms with E-state index in [-0.39, 0.29) is 16.5 Å². The van der Waals surface area contributed by atoms with Crippen LogP contribution < -0.4 is 4.72 Å². The molecule has 0 rings (SSSR count). The Hall–Kier alpha value is -0.200. The van der Waals surface area contributed by atoms with Crippen LogP contribution in [0.15, 0.2) is 0 Å². The van der Waals surface area contributed by atoms with Gasteiger partial charge in [0.1, 0.15) is 12.4 Å². The third-order valence-electron chi connectivity index (χ3n) is 1.85. The van der Waals surface area contributed by atoms with Gasteiger partial charge in [-0.25, -0.2) is 0 Å². The highest BCUT2D eigenvalue weighted by molar-refractivity contribution is 8.76. The molecule has 100 valence electrons.